The lowest BCUT2D eigenvalue weighted by Gasteiger charge is -2.34. The number of ether oxygens (including phenoxy) is 1. The van der Waals surface area contributed by atoms with Crippen LogP contribution in [0.15, 0.2) is 0 Å². The fourth-order valence-electron chi connectivity index (χ4n) is 0.881. The molecular formula is C7H8F8O. The van der Waals surface area contributed by atoms with Gasteiger partial charge in [-0.15, -0.1) is 0 Å². The molecule has 1 nitrogen and oxygen atoms in total. The SMILES string of the molecule is CCOC(F)(C(F)C(F)F)C(F)(F)C(F)F. The lowest BCUT2D eigenvalue weighted by Crippen LogP contribution is -2.59. The summed E-state index contributed by atoms with van der Waals surface area (Å²) in [4.78, 5) is 0. The average Bonchev–Trinajstić information content (AvgIpc) is 2.16. The molecule has 0 aliphatic rings. The Morgan fingerprint density at radius 2 is 1.44 bits per heavy atom. The molecule has 0 fully saturated rings. The van der Waals surface area contributed by atoms with Crippen LogP contribution in [0.3, 0.4) is 0 Å². The first-order chi connectivity index (χ1) is 7.11. The van der Waals surface area contributed by atoms with Crippen molar-refractivity contribution in [3.05, 3.63) is 0 Å². The maximum atomic E-state index is 13.2. The first-order valence-electron chi connectivity index (χ1n) is 4.02. The molecule has 2 atom stereocenters. The monoisotopic (exact) mass is 260 g/mol. The van der Waals surface area contributed by atoms with Crippen molar-refractivity contribution in [3.63, 3.8) is 0 Å². The molecule has 0 saturated carbocycles. The number of halogens is 8. The molecule has 0 rings (SSSR count). The van der Waals surface area contributed by atoms with Crippen LogP contribution in [0.2, 0.25) is 0 Å². The minimum atomic E-state index is -5.67. The van der Waals surface area contributed by atoms with E-state index in [0.29, 0.717) is 0 Å². The van der Waals surface area contributed by atoms with Gasteiger partial charge in [0.15, 0.2) is 0 Å². The van der Waals surface area contributed by atoms with Crippen molar-refractivity contribution in [2.24, 2.45) is 0 Å². The van der Waals surface area contributed by atoms with Gasteiger partial charge in [0.25, 0.3) is 6.43 Å². The fraction of sp³-hybridized carbons (Fsp3) is 1.00. The average molecular weight is 260 g/mol. The maximum Gasteiger partial charge on any atom is 0.367 e. The van der Waals surface area contributed by atoms with Gasteiger partial charge in [0, 0.05) is 6.61 Å². The number of hydrogen-bond acceptors (Lipinski definition) is 1. The Balaban J connectivity index is 5.24. The van der Waals surface area contributed by atoms with E-state index in [1.807, 2.05) is 0 Å². The highest BCUT2D eigenvalue weighted by Crippen LogP contribution is 2.43. The number of alkyl halides is 8. The zero-order valence-electron chi connectivity index (χ0n) is 7.87. The van der Waals surface area contributed by atoms with Crippen LogP contribution in [-0.4, -0.2) is 37.4 Å². The second-order valence-electron chi connectivity index (χ2n) is 2.74. The summed E-state index contributed by atoms with van der Waals surface area (Å²) >= 11 is 0. The van der Waals surface area contributed by atoms with Crippen LogP contribution in [0.4, 0.5) is 35.1 Å². The van der Waals surface area contributed by atoms with Gasteiger partial charge in [0.2, 0.25) is 6.17 Å². The van der Waals surface area contributed by atoms with Crippen LogP contribution in [0, 0.1) is 0 Å². The Labute approximate surface area is 85.4 Å². The standard InChI is InChI=1S/C7H8F8O/c1-2-16-7(15,3(8)4(9)10)6(13,14)5(11)12/h3-5H,2H2,1H3. The third-order valence-corrected chi connectivity index (χ3v) is 1.66. The second-order valence-corrected chi connectivity index (χ2v) is 2.74. The number of hydrogen-bond donors (Lipinski definition) is 0. The molecule has 0 N–H and O–H groups in total. The molecule has 0 saturated heterocycles. The molecule has 0 aromatic rings. The van der Waals surface area contributed by atoms with Crippen molar-refractivity contribution in [2.75, 3.05) is 6.61 Å². The molecule has 0 radical (unpaired) electrons. The van der Waals surface area contributed by atoms with E-state index in [2.05, 4.69) is 4.74 Å². The zero-order valence-corrected chi connectivity index (χ0v) is 7.87. The summed E-state index contributed by atoms with van der Waals surface area (Å²) < 4.78 is 101. The van der Waals surface area contributed by atoms with Crippen molar-refractivity contribution < 1.29 is 39.9 Å². The summed E-state index contributed by atoms with van der Waals surface area (Å²) in [5.74, 6) is -10.7. The third kappa shape index (κ3) is 2.55. The minimum Gasteiger partial charge on any atom is -0.339 e. The van der Waals surface area contributed by atoms with Crippen molar-refractivity contribution >= 4 is 0 Å². The highest BCUT2D eigenvalue weighted by Gasteiger charge is 2.69. The Morgan fingerprint density at radius 1 is 1.00 bits per heavy atom. The van der Waals surface area contributed by atoms with Crippen LogP contribution >= 0.6 is 0 Å². The molecule has 0 spiro atoms. The molecule has 16 heavy (non-hydrogen) atoms. The molecule has 0 heterocycles. The Bertz CT molecular complexity index is 220. The molecule has 0 amide bonds. The van der Waals surface area contributed by atoms with E-state index in [1.165, 1.54) is 0 Å². The molecule has 0 aliphatic carbocycles. The van der Waals surface area contributed by atoms with Crippen molar-refractivity contribution in [1.29, 1.82) is 0 Å². The summed E-state index contributed by atoms with van der Waals surface area (Å²) in [5, 5.41) is 0. The Kier molecular flexibility index (Phi) is 4.96. The molecular weight excluding hydrogens is 252 g/mol. The van der Waals surface area contributed by atoms with Gasteiger partial charge in [-0.25, -0.2) is 26.3 Å². The van der Waals surface area contributed by atoms with Crippen LogP contribution in [0.5, 0.6) is 0 Å². The van der Waals surface area contributed by atoms with Gasteiger partial charge >= 0.3 is 18.2 Å². The second kappa shape index (κ2) is 5.15. The molecule has 9 heteroatoms. The lowest BCUT2D eigenvalue weighted by molar-refractivity contribution is -0.345. The van der Waals surface area contributed by atoms with E-state index in [-0.39, 0.29) is 0 Å². The highest BCUT2D eigenvalue weighted by atomic mass is 19.3. The van der Waals surface area contributed by atoms with Gasteiger partial charge in [-0.05, 0) is 6.92 Å². The highest BCUT2D eigenvalue weighted by molar-refractivity contribution is 4.95. The van der Waals surface area contributed by atoms with Crippen LogP contribution in [0.1, 0.15) is 6.92 Å². The predicted molar refractivity (Wildman–Crippen MR) is 37.3 cm³/mol. The summed E-state index contributed by atoms with van der Waals surface area (Å²) in [5.41, 5.74) is 0. The fourth-order valence-corrected chi connectivity index (χ4v) is 0.881. The molecule has 0 bridgehead atoms. The molecule has 2 unspecified atom stereocenters. The van der Waals surface area contributed by atoms with E-state index in [9.17, 15) is 35.1 Å². The van der Waals surface area contributed by atoms with Gasteiger partial charge < -0.3 is 4.74 Å². The summed E-state index contributed by atoms with van der Waals surface area (Å²) in [6, 6.07) is 0. The van der Waals surface area contributed by atoms with Gasteiger partial charge in [0.1, 0.15) is 0 Å². The Hall–Kier alpha value is -0.600. The van der Waals surface area contributed by atoms with E-state index < -0.39 is 37.4 Å². The normalized spacial score (nSPS) is 18.9. The lowest BCUT2D eigenvalue weighted by atomic mass is 10.1. The van der Waals surface area contributed by atoms with Gasteiger partial charge in [-0.1, -0.05) is 0 Å². The quantitative estimate of drug-likeness (QED) is 0.666. The minimum absolute atomic E-state index is 0.869. The van der Waals surface area contributed by atoms with Gasteiger partial charge in [-0.3, -0.25) is 0 Å². The maximum absolute atomic E-state index is 13.2. The Morgan fingerprint density at radius 3 is 1.69 bits per heavy atom. The first-order valence-corrected chi connectivity index (χ1v) is 4.02. The largest absolute Gasteiger partial charge is 0.367 e. The van der Waals surface area contributed by atoms with Crippen molar-refractivity contribution in [3.8, 4) is 0 Å². The number of rotatable bonds is 6. The topological polar surface area (TPSA) is 9.23 Å². The summed E-state index contributed by atoms with van der Waals surface area (Å²) in [6.07, 6.45) is -13.0. The molecule has 0 aromatic heterocycles. The third-order valence-electron chi connectivity index (χ3n) is 1.66. The smallest absolute Gasteiger partial charge is 0.339 e. The van der Waals surface area contributed by atoms with Crippen molar-refractivity contribution in [2.45, 2.75) is 37.7 Å². The van der Waals surface area contributed by atoms with Crippen LogP contribution in [0.25, 0.3) is 0 Å². The molecule has 0 aromatic carbocycles. The van der Waals surface area contributed by atoms with Crippen LogP contribution < -0.4 is 0 Å². The van der Waals surface area contributed by atoms with E-state index in [4.69, 9.17) is 0 Å². The van der Waals surface area contributed by atoms with Gasteiger partial charge in [-0.2, -0.15) is 8.78 Å². The summed E-state index contributed by atoms with van der Waals surface area (Å²) in [7, 11) is 0. The van der Waals surface area contributed by atoms with E-state index in [0.717, 1.165) is 6.92 Å². The van der Waals surface area contributed by atoms with E-state index >= 15 is 0 Å². The van der Waals surface area contributed by atoms with Crippen LogP contribution in [-0.2, 0) is 4.74 Å². The summed E-state index contributed by atoms with van der Waals surface area (Å²) in [6.45, 7) is -0.0972. The molecule has 98 valence electrons. The van der Waals surface area contributed by atoms with Crippen molar-refractivity contribution in [1.82, 2.24) is 0 Å². The van der Waals surface area contributed by atoms with E-state index in [1.54, 1.807) is 0 Å². The first kappa shape index (κ1) is 15.4. The zero-order chi connectivity index (χ0) is 13.1. The van der Waals surface area contributed by atoms with Gasteiger partial charge in [0.05, 0.1) is 0 Å². The molecule has 0 aliphatic heterocycles. The predicted octanol–water partition coefficient (Wildman–Crippen LogP) is 3.19.